The molecule has 1 saturated heterocycles. The van der Waals surface area contributed by atoms with Gasteiger partial charge in [-0.1, -0.05) is 36.1 Å². The summed E-state index contributed by atoms with van der Waals surface area (Å²) in [6.07, 6.45) is 1.86. The van der Waals surface area contributed by atoms with E-state index in [1.807, 2.05) is 32.0 Å². The molecule has 0 atom stereocenters. The van der Waals surface area contributed by atoms with Gasteiger partial charge in [0.05, 0.1) is 26.2 Å². The summed E-state index contributed by atoms with van der Waals surface area (Å²) in [5.41, 5.74) is 3.59. The molecule has 0 unspecified atom stereocenters. The molecule has 9 heteroatoms. The van der Waals surface area contributed by atoms with Gasteiger partial charge in [-0.3, -0.25) is 14.5 Å². The molecule has 2 aromatic rings. The quantitative estimate of drug-likeness (QED) is 0.433. The SMILES string of the molecule is COc1cc(/C=C2\SC(=S)N(CCC(=O)Nc3cccc(C)c3C)C2=O)cc(OC)c1OC. The lowest BCUT2D eigenvalue weighted by molar-refractivity contribution is -0.122. The number of thioether (sulfide) groups is 1. The fourth-order valence-corrected chi connectivity index (χ4v) is 4.65. The van der Waals surface area contributed by atoms with Crippen LogP contribution in [-0.4, -0.2) is 48.9 Å². The summed E-state index contributed by atoms with van der Waals surface area (Å²) in [6.45, 7) is 4.15. The van der Waals surface area contributed by atoms with Gasteiger partial charge in [-0.15, -0.1) is 0 Å². The van der Waals surface area contributed by atoms with Crippen LogP contribution in [0.25, 0.3) is 6.08 Å². The number of rotatable bonds is 8. The van der Waals surface area contributed by atoms with Gasteiger partial charge in [-0.25, -0.2) is 0 Å². The number of hydrogen-bond acceptors (Lipinski definition) is 7. The van der Waals surface area contributed by atoms with Gasteiger partial charge < -0.3 is 19.5 Å². The third-order valence-electron chi connectivity index (χ3n) is 5.30. The van der Waals surface area contributed by atoms with Crippen molar-refractivity contribution in [1.29, 1.82) is 0 Å². The predicted molar refractivity (Wildman–Crippen MR) is 135 cm³/mol. The smallest absolute Gasteiger partial charge is 0.266 e. The molecule has 0 radical (unpaired) electrons. The number of methoxy groups -OCH3 is 3. The summed E-state index contributed by atoms with van der Waals surface area (Å²) in [5, 5.41) is 2.91. The molecule has 0 aromatic heterocycles. The van der Waals surface area contributed by atoms with Gasteiger partial charge >= 0.3 is 0 Å². The van der Waals surface area contributed by atoms with Gasteiger partial charge in [0.25, 0.3) is 5.91 Å². The normalized spacial score (nSPS) is 14.6. The Bertz CT molecular complexity index is 1100. The molecule has 0 spiro atoms. The highest BCUT2D eigenvalue weighted by Crippen LogP contribution is 2.40. The average Bonchev–Trinajstić information content (AvgIpc) is 3.06. The van der Waals surface area contributed by atoms with E-state index in [0.717, 1.165) is 16.8 Å². The Kier molecular flexibility index (Phi) is 7.99. The molecule has 1 fully saturated rings. The summed E-state index contributed by atoms with van der Waals surface area (Å²) in [7, 11) is 4.59. The zero-order valence-corrected chi connectivity index (χ0v) is 20.8. The van der Waals surface area contributed by atoms with Crippen molar-refractivity contribution < 1.29 is 23.8 Å². The number of ether oxygens (including phenoxy) is 3. The zero-order valence-electron chi connectivity index (χ0n) is 19.2. The Labute approximate surface area is 203 Å². The van der Waals surface area contributed by atoms with Crippen molar-refractivity contribution in [3.8, 4) is 17.2 Å². The van der Waals surface area contributed by atoms with Crippen LogP contribution in [0.15, 0.2) is 35.2 Å². The lowest BCUT2D eigenvalue weighted by Gasteiger charge is -2.15. The number of thiocarbonyl (C=S) groups is 1. The third kappa shape index (κ3) is 5.48. The van der Waals surface area contributed by atoms with E-state index in [1.54, 1.807) is 18.2 Å². The van der Waals surface area contributed by atoms with E-state index in [-0.39, 0.29) is 24.8 Å². The Morgan fingerprint density at radius 3 is 2.39 bits per heavy atom. The average molecular weight is 487 g/mol. The molecule has 2 amide bonds. The van der Waals surface area contributed by atoms with Crippen LogP contribution in [0.4, 0.5) is 5.69 Å². The summed E-state index contributed by atoms with van der Waals surface area (Å²) >= 11 is 6.59. The van der Waals surface area contributed by atoms with Gasteiger partial charge in [-0.05, 0) is 54.8 Å². The van der Waals surface area contributed by atoms with Crippen molar-refractivity contribution in [2.45, 2.75) is 20.3 Å². The molecule has 1 aliphatic heterocycles. The number of anilines is 1. The first-order chi connectivity index (χ1) is 15.8. The number of carbonyl (C=O) groups excluding carboxylic acids is 2. The molecule has 1 heterocycles. The Balaban J connectivity index is 1.71. The van der Waals surface area contributed by atoms with Crippen LogP contribution in [0.2, 0.25) is 0 Å². The minimum atomic E-state index is -0.238. The highest BCUT2D eigenvalue weighted by Gasteiger charge is 2.32. The molecule has 1 N–H and O–H groups in total. The number of nitrogens with one attached hydrogen (secondary N) is 1. The van der Waals surface area contributed by atoms with Crippen LogP contribution in [-0.2, 0) is 9.59 Å². The minimum absolute atomic E-state index is 0.136. The number of aryl methyl sites for hydroxylation is 1. The predicted octanol–water partition coefficient (Wildman–Crippen LogP) is 4.56. The van der Waals surface area contributed by atoms with Gasteiger partial charge in [0.1, 0.15) is 4.32 Å². The van der Waals surface area contributed by atoms with E-state index < -0.39 is 0 Å². The molecule has 1 aliphatic rings. The molecular formula is C24H26N2O5S2. The highest BCUT2D eigenvalue weighted by atomic mass is 32.2. The zero-order chi connectivity index (χ0) is 24.1. The molecule has 0 bridgehead atoms. The summed E-state index contributed by atoms with van der Waals surface area (Å²) < 4.78 is 16.5. The van der Waals surface area contributed by atoms with E-state index in [2.05, 4.69) is 5.32 Å². The van der Waals surface area contributed by atoms with Crippen LogP contribution >= 0.6 is 24.0 Å². The van der Waals surface area contributed by atoms with Crippen molar-refractivity contribution in [2.24, 2.45) is 0 Å². The minimum Gasteiger partial charge on any atom is -0.493 e. The lowest BCUT2D eigenvalue weighted by Crippen LogP contribution is -2.31. The maximum Gasteiger partial charge on any atom is 0.266 e. The molecule has 174 valence electrons. The Morgan fingerprint density at radius 1 is 1.12 bits per heavy atom. The van der Waals surface area contributed by atoms with Crippen molar-refractivity contribution in [3.05, 3.63) is 51.9 Å². The topological polar surface area (TPSA) is 77.1 Å². The fraction of sp³-hybridized carbons (Fsp3) is 0.292. The molecule has 33 heavy (non-hydrogen) atoms. The first kappa shape index (κ1) is 24.6. The maximum absolute atomic E-state index is 13.0. The van der Waals surface area contributed by atoms with Gasteiger partial charge in [0.2, 0.25) is 11.7 Å². The van der Waals surface area contributed by atoms with Crippen molar-refractivity contribution in [3.63, 3.8) is 0 Å². The molecule has 3 rings (SSSR count). The molecule has 0 saturated carbocycles. The highest BCUT2D eigenvalue weighted by molar-refractivity contribution is 8.26. The van der Waals surface area contributed by atoms with Crippen molar-refractivity contribution >= 4 is 51.9 Å². The van der Waals surface area contributed by atoms with Gasteiger partial charge in [0.15, 0.2) is 11.5 Å². The molecule has 7 nitrogen and oxygen atoms in total. The van der Waals surface area contributed by atoms with E-state index in [9.17, 15) is 9.59 Å². The maximum atomic E-state index is 13.0. The molecule has 0 aliphatic carbocycles. The van der Waals surface area contributed by atoms with E-state index in [0.29, 0.717) is 32.0 Å². The number of carbonyl (C=O) groups is 2. The Morgan fingerprint density at radius 2 is 1.79 bits per heavy atom. The van der Waals surface area contributed by atoms with E-state index in [4.69, 9.17) is 26.4 Å². The first-order valence-corrected chi connectivity index (χ1v) is 11.4. The number of benzene rings is 2. The van der Waals surface area contributed by atoms with Crippen LogP contribution in [0.3, 0.4) is 0 Å². The van der Waals surface area contributed by atoms with Crippen LogP contribution < -0.4 is 19.5 Å². The standard InChI is InChI=1S/C24H26N2O5S2/c1-14-7-6-8-17(15(14)2)25-21(27)9-10-26-23(28)20(33-24(26)32)13-16-11-18(29-3)22(31-5)19(12-16)30-4/h6-8,11-13H,9-10H2,1-5H3,(H,25,27)/b20-13-. The second-order valence-electron chi connectivity index (χ2n) is 7.34. The van der Waals surface area contributed by atoms with Gasteiger partial charge in [0, 0.05) is 18.7 Å². The Hall–Kier alpha value is -3.04. The monoisotopic (exact) mass is 486 g/mol. The number of nitrogens with zero attached hydrogens (tertiary/aromatic N) is 1. The van der Waals surface area contributed by atoms with Gasteiger partial charge in [-0.2, -0.15) is 0 Å². The summed E-state index contributed by atoms with van der Waals surface area (Å²) in [4.78, 5) is 27.3. The van der Waals surface area contributed by atoms with Crippen molar-refractivity contribution in [1.82, 2.24) is 4.90 Å². The fourth-order valence-electron chi connectivity index (χ4n) is 3.34. The largest absolute Gasteiger partial charge is 0.493 e. The first-order valence-electron chi connectivity index (χ1n) is 10.2. The third-order valence-corrected chi connectivity index (χ3v) is 6.68. The van der Waals surface area contributed by atoms with Crippen LogP contribution in [0, 0.1) is 13.8 Å². The summed E-state index contributed by atoms with van der Waals surface area (Å²) in [6, 6.07) is 9.26. The second-order valence-corrected chi connectivity index (χ2v) is 9.01. The molecular weight excluding hydrogens is 460 g/mol. The van der Waals surface area contributed by atoms with E-state index >= 15 is 0 Å². The number of hydrogen-bond donors (Lipinski definition) is 1. The summed E-state index contributed by atoms with van der Waals surface area (Å²) in [5.74, 6) is 1.03. The molecule has 2 aromatic carbocycles. The lowest BCUT2D eigenvalue weighted by atomic mass is 10.1. The number of amides is 2. The van der Waals surface area contributed by atoms with E-state index in [1.165, 1.54) is 38.0 Å². The van der Waals surface area contributed by atoms with Crippen LogP contribution in [0.1, 0.15) is 23.1 Å². The van der Waals surface area contributed by atoms with Crippen molar-refractivity contribution in [2.75, 3.05) is 33.2 Å². The van der Waals surface area contributed by atoms with Crippen LogP contribution in [0.5, 0.6) is 17.2 Å². The second kappa shape index (κ2) is 10.7.